The number of hydrogen-bond acceptors (Lipinski definition) is 3. The number of halogens is 3. The number of hydrogen-bond donors (Lipinski definition) is 1. The molecule has 0 aliphatic rings. The first kappa shape index (κ1) is 14.5. The van der Waals surface area contributed by atoms with Gasteiger partial charge in [-0.25, -0.2) is 0 Å². The summed E-state index contributed by atoms with van der Waals surface area (Å²) in [7, 11) is 0. The molecule has 100 valence electrons. The van der Waals surface area contributed by atoms with E-state index in [9.17, 15) is 13.2 Å². The van der Waals surface area contributed by atoms with Gasteiger partial charge in [0.05, 0.1) is 0 Å². The molecule has 1 N–H and O–H groups in total. The lowest BCUT2D eigenvalue weighted by atomic mass is 10.2. The normalized spacial score (nSPS) is 11.3. The van der Waals surface area contributed by atoms with Crippen LogP contribution in [0.4, 0.5) is 13.2 Å². The van der Waals surface area contributed by atoms with Crippen LogP contribution in [0, 0.1) is 0 Å². The van der Waals surface area contributed by atoms with Crippen LogP contribution in [-0.4, -0.2) is 19.4 Å². The molecule has 1 aromatic rings. The number of ether oxygens (including phenoxy) is 1. The van der Waals surface area contributed by atoms with E-state index in [0.717, 1.165) is 5.56 Å². The minimum Gasteiger partial charge on any atom is -0.490 e. The van der Waals surface area contributed by atoms with Crippen LogP contribution in [0.5, 0.6) is 5.75 Å². The summed E-state index contributed by atoms with van der Waals surface area (Å²) in [4.78, 5) is 4.28. The summed E-state index contributed by atoms with van der Waals surface area (Å²) in [6, 6.07) is 6.93. The quantitative estimate of drug-likeness (QED) is 0.465. The first-order chi connectivity index (χ1) is 8.51. The highest BCUT2D eigenvalue weighted by Crippen LogP contribution is 2.14. The fraction of sp³-hybridized carbons (Fsp3) is 0.333. The Kier molecular flexibility index (Phi) is 5.67. The van der Waals surface area contributed by atoms with E-state index in [1.54, 1.807) is 30.3 Å². The second-order valence-corrected chi connectivity index (χ2v) is 3.47. The summed E-state index contributed by atoms with van der Waals surface area (Å²) in [5.41, 5.74) is 3.04. The van der Waals surface area contributed by atoms with Crippen molar-refractivity contribution in [1.82, 2.24) is 5.48 Å². The Morgan fingerprint density at radius 2 is 1.89 bits per heavy atom. The molecule has 0 aliphatic heterocycles. The molecule has 0 heterocycles. The molecule has 0 bridgehead atoms. The van der Waals surface area contributed by atoms with Crippen LogP contribution in [0.15, 0.2) is 36.9 Å². The second kappa shape index (κ2) is 7.03. The zero-order chi connectivity index (χ0) is 13.4. The van der Waals surface area contributed by atoms with Crippen molar-refractivity contribution in [3.05, 3.63) is 42.5 Å². The van der Waals surface area contributed by atoms with E-state index in [0.29, 0.717) is 12.4 Å². The van der Waals surface area contributed by atoms with Crippen LogP contribution in [0.1, 0.15) is 5.56 Å². The standard InChI is InChI=1S/C12H14F3NO2/c1-2-7-17-11-5-3-10(4-6-11)8-16-18-9-12(13,14)15/h2-6,16H,1,7-9H2. The molecular formula is C12H14F3NO2. The minimum absolute atomic E-state index is 0.192. The fourth-order valence-electron chi connectivity index (χ4n) is 1.13. The van der Waals surface area contributed by atoms with Gasteiger partial charge in [0.25, 0.3) is 0 Å². The van der Waals surface area contributed by atoms with E-state index in [-0.39, 0.29) is 6.54 Å². The Morgan fingerprint density at radius 1 is 1.22 bits per heavy atom. The summed E-state index contributed by atoms with van der Waals surface area (Å²) in [6.07, 6.45) is -2.70. The van der Waals surface area contributed by atoms with Crippen LogP contribution in [-0.2, 0) is 11.4 Å². The fourth-order valence-corrected chi connectivity index (χ4v) is 1.13. The van der Waals surface area contributed by atoms with Gasteiger partial charge in [-0.05, 0) is 17.7 Å². The third-order valence-corrected chi connectivity index (χ3v) is 1.91. The Bertz CT molecular complexity index is 363. The summed E-state index contributed by atoms with van der Waals surface area (Å²) in [6.45, 7) is 2.81. The topological polar surface area (TPSA) is 30.5 Å². The Balaban J connectivity index is 2.28. The Morgan fingerprint density at radius 3 is 2.44 bits per heavy atom. The van der Waals surface area contributed by atoms with E-state index < -0.39 is 12.8 Å². The Hall–Kier alpha value is -1.53. The monoisotopic (exact) mass is 261 g/mol. The van der Waals surface area contributed by atoms with Crippen LogP contribution in [0.3, 0.4) is 0 Å². The first-order valence-electron chi connectivity index (χ1n) is 5.25. The van der Waals surface area contributed by atoms with Crippen LogP contribution in [0.25, 0.3) is 0 Å². The van der Waals surface area contributed by atoms with Gasteiger partial charge >= 0.3 is 6.18 Å². The molecule has 0 atom stereocenters. The number of rotatable bonds is 7. The number of hydroxylamine groups is 1. The second-order valence-electron chi connectivity index (χ2n) is 3.47. The molecule has 0 amide bonds. The molecule has 0 aromatic heterocycles. The van der Waals surface area contributed by atoms with Crippen molar-refractivity contribution in [3.8, 4) is 5.75 Å². The zero-order valence-electron chi connectivity index (χ0n) is 9.67. The Labute approximate surface area is 103 Å². The third kappa shape index (κ3) is 6.27. The van der Waals surface area contributed by atoms with Gasteiger partial charge in [0.1, 0.15) is 12.4 Å². The lowest BCUT2D eigenvalue weighted by Crippen LogP contribution is -2.24. The average Bonchev–Trinajstić information content (AvgIpc) is 2.32. The summed E-state index contributed by atoms with van der Waals surface area (Å²) >= 11 is 0. The van der Waals surface area contributed by atoms with E-state index in [1.807, 2.05) is 0 Å². The number of benzene rings is 1. The van der Waals surface area contributed by atoms with E-state index >= 15 is 0 Å². The van der Waals surface area contributed by atoms with Gasteiger partial charge in [0.15, 0.2) is 6.61 Å². The molecule has 0 unspecified atom stereocenters. The average molecular weight is 261 g/mol. The largest absolute Gasteiger partial charge is 0.490 e. The third-order valence-electron chi connectivity index (χ3n) is 1.91. The van der Waals surface area contributed by atoms with Crippen LogP contribution in [0.2, 0.25) is 0 Å². The molecular weight excluding hydrogens is 247 g/mol. The molecule has 0 aliphatic carbocycles. The maximum atomic E-state index is 11.8. The first-order valence-corrected chi connectivity index (χ1v) is 5.25. The lowest BCUT2D eigenvalue weighted by molar-refractivity contribution is -0.190. The summed E-state index contributed by atoms with van der Waals surface area (Å²) in [5, 5.41) is 0. The molecule has 0 saturated heterocycles. The van der Waals surface area contributed by atoms with Crippen molar-refractivity contribution in [3.63, 3.8) is 0 Å². The van der Waals surface area contributed by atoms with Crippen molar-refractivity contribution in [2.75, 3.05) is 13.2 Å². The minimum atomic E-state index is -4.32. The van der Waals surface area contributed by atoms with Gasteiger partial charge in [-0.1, -0.05) is 24.8 Å². The summed E-state index contributed by atoms with van der Waals surface area (Å²) in [5.74, 6) is 0.676. The van der Waals surface area contributed by atoms with E-state index in [4.69, 9.17) is 4.74 Å². The van der Waals surface area contributed by atoms with Gasteiger partial charge in [-0.15, -0.1) is 0 Å². The lowest BCUT2D eigenvalue weighted by Gasteiger charge is -2.09. The molecule has 0 radical (unpaired) electrons. The maximum Gasteiger partial charge on any atom is 0.413 e. The van der Waals surface area contributed by atoms with E-state index in [2.05, 4.69) is 16.9 Å². The molecule has 0 spiro atoms. The van der Waals surface area contributed by atoms with Crippen molar-refractivity contribution >= 4 is 0 Å². The van der Waals surface area contributed by atoms with Gasteiger partial charge in [0.2, 0.25) is 0 Å². The maximum absolute atomic E-state index is 11.8. The SMILES string of the molecule is C=CCOc1ccc(CNOCC(F)(F)F)cc1. The van der Waals surface area contributed by atoms with Crippen molar-refractivity contribution in [2.24, 2.45) is 0 Å². The highest BCUT2D eigenvalue weighted by Gasteiger charge is 2.27. The zero-order valence-corrected chi connectivity index (χ0v) is 9.67. The van der Waals surface area contributed by atoms with Crippen LogP contribution < -0.4 is 10.2 Å². The van der Waals surface area contributed by atoms with Crippen molar-refractivity contribution in [1.29, 1.82) is 0 Å². The molecule has 0 saturated carbocycles. The van der Waals surface area contributed by atoms with Crippen molar-refractivity contribution in [2.45, 2.75) is 12.7 Å². The molecule has 18 heavy (non-hydrogen) atoms. The highest BCUT2D eigenvalue weighted by molar-refractivity contribution is 5.27. The van der Waals surface area contributed by atoms with Gasteiger partial charge < -0.3 is 4.74 Å². The predicted molar refractivity (Wildman–Crippen MR) is 61.0 cm³/mol. The molecule has 3 nitrogen and oxygen atoms in total. The molecule has 1 rings (SSSR count). The van der Waals surface area contributed by atoms with E-state index in [1.165, 1.54) is 0 Å². The summed E-state index contributed by atoms with van der Waals surface area (Å²) < 4.78 is 40.6. The molecule has 0 fully saturated rings. The van der Waals surface area contributed by atoms with Crippen molar-refractivity contribution < 1.29 is 22.7 Å². The smallest absolute Gasteiger partial charge is 0.413 e. The van der Waals surface area contributed by atoms with Gasteiger partial charge in [-0.3, -0.25) is 4.84 Å². The highest BCUT2D eigenvalue weighted by atomic mass is 19.4. The number of nitrogens with one attached hydrogen (secondary N) is 1. The van der Waals surface area contributed by atoms with Gasteiger partial charge in [0, 0.05) is 6.54 Å². The molecule has 1 aromatic carbocycles. The van der Waals surface area contributed by atoms with Crippen LogP contribution >= 0.6 is 0 Å². The molecule has 6 heteroatoms. The van der Waals surface area contributed by atoms with Gasteiger partial charge in [-0.2, -0.15) is 18.7 Å². The predicted octanol–water partition coefficient (Wildman–Crippen LogP) is 2.83. The number of alkyl halides is 3.